The van der Waals surface area contributed by atoms with Gasteiger partial charge in [0.2, 0.25) is 0 Å². The monoisotopic (exact) mass is 631 g/mol. The van der Waals surface area contributed by atoms with Crippen molar-refractivity contribution in [3.63, 3.8) is 0 Å². The Labute approximate surface area is 232 Å². The average Bonchev–Trinajstić information content (AvgIpc) is 2.85. The molecule has 0 unspecified atom stereocenters. The second-order valence-electron chi connectivity index (χ2n) is 9.64. The van der Waals surface area contributed by atoms with Crippen molar-refractivity contribution in [3.8, 4) is 5.75 Å². The number of fused-ring (bicyclic) bond motifs is 1. The van der Waals surface area contributed by atoms with Crippen molar-refractivity contribution < 1.29 is 57.8 Å². The van der Waals surface area contributed by atoms with Gasteiger partial charge in [0.15, 0.2) is 0 Å². The number of carbonyl (C=O) groups excluding carboxylic acids is 1. The molecule has 17 heteroatoms. The number of hydrogen-bond donors (Lipinski definition) is 0. The van der Waals surface area contributed by atoms with Crippen molar-refractivity contribution in [2.24, 2.45) is 0 Å². The van der Waals surface area contributed by atoms with Gasteiger partial charge >= 0.3 is 12.4 Å². The van der Waals surface area contributed by atoms with E-state index in [0.29, 0.717) is 30.3 Å². The molecule has 41 heavy (non-hydrogen) atoms. The second-order valence-corrected chi connectivity index (χ2v) is 14.0. The highest BCUT2D eigenvalue weighted by atomic mass is 32.2. The van der Waals surface area contributed by atoms with Gasteiger partial charge in [0, 0.05) is 11.4 Å². The summed E-state index contributed by atoms with van der Waals surface area (Å²) >= 11 is 0. The molecule has 0 saturated carbocycles. The Balaban J connectivity index is 2.19. The van der Waals surface area contributed by atoms with Gasteiger partial charge in [0.05, 0.1) is 28.4 Å². The predicted molar refractivity (Wildman–Crippen MR) is 134 cm³/mol. The number of carboxylic acid groups (broad SMARTS) is 1. The lowest BCUT2D eigenvalue weighted by molar-refractivity contribution is -0.254. The van der Waals surface area contributed by atoms with Gasteiger partial charge in [-0.25, -0.2) is 16.8 Å². The number of rotatable bonds is 8. The molecule has 0 saturated heterocycles. The van der Waals surface area contributed by atoms with Crippen LogP contribution in [0.5, 0.6) is 5.75 Å². The van der Waals surface area contributed by atoms with E-state index in [2.05, 4.69) is 0 Å². The van der Waals surface area contributed by atoms with Crippen molar-refractivity contribution in [2.45, 2.75) is 56.1 Å². The van der Waals surface area contributed by atoms with E-state index in [1.807, 2.05) is 0 Å². The molecule has 1 aliphatic heterocycles. The summed E-state index contributed by atoms with van der Waals surface area (Å²) in [6.07, 6.45) is -13.6. The summed E-state index contributed by atoms with van der Waals surface area (Å²) in [6, 6.07) is 5.39. The molecular weight excluding hydrogens is 606 g/mol. The normalized spacial score (nSPS) is 16.6. The zero-order valence-corrected chi connectivity index (χ0v) is 23.4. The highest BCUT2D eigenvalue weighted by Crippen LogP contribution is 2.44. The molecule has 228 valence electrons. The minimum atomic E-state index is -5.10. The van der Waals surface area contributed by atoms with Gasteiger partial charge in [0.1, 0.15) is 33.3 Å². The average molecular weight is 632 g/mol. The van der Waals surface area contributed by atoms with Crippen molar-refractivity contribution >= 4 is 37.3 Å². The molecule has 9 nitrogen and oxygen atoms in total. The molecule has 3 rings (SSSR count). The Morgan fingerprint density at radius 1 is 1.05 bits per heavy atom. The summed E-state index contributed by atoms with van der Waals surface area (Å²) in [5, 5.41) is 11.8. The number of amides is 1. The fraction of sp³-hybridized carbons (Fsp3) is 0.458. The number of nitrogens with zero attached hydrogens (tertiary/aromatic N) is 2. The van der Waals surface area contributed by atoms with Gasteiger partial charge < -0.3 is 19.5 Å². The first-order valence-corrected chi connectivity index (χ1v) is 15.2. The molecule has 0 radical (unpaired) electrons. The van der Waals surface area contributed by atoms with Gasteiger partial charge in [-0.05, 0) is 56.7 Å². The lowest BCUT2D eigenvalue weighted by Crippen LogP contribution is -2.60. The highest BCUT2D eigenvalue weighted by Gasteiger charge is 2.52. The Morgan fingerprint density at radius 2 is 1.68 bits per heavy atom. The molecule has 0 spiro atoms. The Morgan fingerprint density at radius 3 is 2.22 bits per heavy atom. The van der Waals surface area contributed by atoms with Crippen LogP contribution in [0, 0.1) is 0 Å². The Hall–Kier alpha value is -3.21. The number of sulfone groups is 1. The van der Waals surface area contributed by atoms with E-state index >= 15 is 0 Å². The maximum atomic E-state index is 13.7. The molecule has 1 aliphatic rings. The first kappa shape index (κ1) is 32.3. The standard InChI is InChI=1S/C24H26F6N2O7S2/c1-4-40(35,36)11-10-17-14-31(41(37,38)18-7-5-6-15(12-18)23(25,26)27)19-13-16(8-9-20(19)39-17)32(21(33)34)22(2,3)24(28,29)30/h5-9,12-13,17H,4,10-11,14H2,1-3H3,(H,33,34)/p-1/t17-/m0/s1. The molecule has 0 aromatic heterocycles. The molecular formula is C24H25F6N2O7S2-. The Kier molecular flexibility index (Phi) is 8.58. The van der Waals surface area contributed by atoms with E-state index in [0.717, 1.165) is 30.3 Å². The number of hydrogen-bond acceptors (Lipinski definition) is 7. The number of sulfonamides is 1. The predicted octanol–water partition coefficient (Wildman–Crippen LogP) is 3.98. The molecule has 1 amide bonds. The molecule has 0 bridgehead atoms. The lowest BCUT2D eigenvalue weighted by Gasteiger charge is -2.42. The van der Waals surface area contributed by atoms with Gasteiger partial charge in [0.25, 0.3) is 10.0 Å². The third-order valence-electron chi connectivity index (χ3n) is 6.51. The van der Waals surface area contributed by atoms with E-state index in [9.17, 15) is 53.1 Å². The quantitative estimate of drug-likeness (QED) is 0.404. The topological polar surface area (TPSA) is 124 Å². The van der Waals surface area contributed by atoms with E-state index < -0.39 is 84.1 Å². The summed E-state index contributed by atoms with van der Waals surface area (Å²) in [7, 11) is -8.42. The van der Waals surface area contributed by atoms with Crippen LogP contribution in [0.2, 0.25) is 0 Å². The smallest absolute Gasteiger partial charge is 0.416 e. The van der Waals surface area contributed by atoms with E-state index in [1.165, 1.54) is 6.92 Å². The van der Waals surface area contributed by atoms with Crippen LogP contribution in [-0.2, 0) is 26.0 Å². The fourth-order valence-corrected chi connectivity index (χ4v) is 6.47. The zero-order valence-electron chi connectivity index (χ0n) is 21.8. The maximum Gasteiger partial charge on any atom is 0.416 e. The molecule has 0 aliphatic carbocycles. The number of carbonyl (C=O) groups is 1. The van der Waals surface area contributed by atoms with E-state index in [1.54, 1.807) is 0 Å². The van der Waals surface area contributed by atoms with Crippen LogP contribution in [-0.4, -0.2) is 58.8 Å². The first-order chi connectivity index (χ1) is 18.6. The third kappa shape index (κ3) is 6.66. The molecule has 1 atom stereocenters. The number of alkyl halides is 6. The van der Waals surface area contributed by atoms with Crippen LogP contribution < -0.4 is 19.0 Å². The summed E-state index contributed by atoms with van der Waals surface area (Å²) in [4.78, 5) is 10.9. The number of halogens is 6. The second kappa shape index (κ2) is 10.9. The van der Waals surface area contributed by atoms with Crippen LogP contribution in [0.4, 0.5) is 42.5 Å². The number of ether oxygens (including phenoxy) is 1. The van der Waals surface area contributed by atoms with Gasteiger partial charge in [-0.1, -0.05) is 13.0 Å². The van der Waals surface area contributed by atoms with Crippen LogP contribution >= 0.6 is 0 Å². The summed E-state index contributed by atoms with van der Waals surface area (Å²) < 4.78 is 139. The van der Waals surface area contributed by atoms with Gasteiger partial charge in [-0.3, -0.25) is 4.31 Å². The largest absolute Gasteiger partial charge is 0.530 e. The minimum Gasteiger partial charge on any atom is -0.530 e. The van der Waals surface area contributed by atoms with Crippen molar-refractivity contribution in [3.05, 3.63) is 48.0 Å². The van der Waals surface area contributed by atoms with Crippen molar-refractivity contribution in [1.29, 1.82) is 0 Å². The van der Waals surface area contributed by atoms with E-state index in [-0.39, 0.29) is 22.8 Å². The SMILES string of the molecule is CCS(=O)(=O)CC[C@H]1CN(S(=O)(=O)c2cccc(C(F)(F)F)c2)c2cc(N(C(=O)[O-])C(C)(C)C(F)(F)F)ccc2O1. The zero-order chi connectivity index (χ0) is 31.2. The fourth-order valence-electron chi connectivity index (χ4n) is 4.02. The molecule has 1 heterocycles. The van der Waals surface area contributed by atoms with Crippen LogP contribution in [0.15, 0.2) is 47.4 Å². The van der Waals surface area contributed by atoms with Crippen molar-refractivity contribution in [2.75, 3.05) is 27.3 Å². The van der Waals surface area contributed by atoms with Crippen LogP contribution in [0.1, 0.15) is 32.8 Å². The maximum absolute atomic E-state index is 13.7. The third-order valence-corrected chi connectivity index (χ3v) is 10.0. The lowest BCUT2D eigenvalue weighted by atomic mass is 10.0. The number of benzene rings is 2. The number of anilines is 2. The minimum absolute atomic E-state index is 0.137. The molecule has 2 aromatic carbocycles. The highest BCUT2D eigenvalue weighted by molar-refractivity contribution is 7.93. The summed E-state index contributed by atoms with van der Waals surface area (Å²) in [6.45, 7) is 1.87. The summed E-state index contributed by atoms with van der Waals surface area (Å²) in [5.74, 6) is -0.922. The molecule has 0 N–H and O–H groups in total. The molecule has 2 aromatic rings. The van der Waals surface area contributed by atoms with Crippen LogP contribution in [0.25, 0.3) is 0 Å². The van der Waals surface area contributed by atoms with Crippen molar-refractivity contribution in [1.82, 2.24) is 0 Å². The first-order valence-electron chi connectivity index (χ1n) is 11.9. The van der Waals surface area contributed by atoms with E-state index in [4.69, 9.17) is 4.74 Å². The summed E-state index contributed by atoms with van der Waals surface area (Å²) in [5.41, 5.74) is -5.47. The van der Waals surface area contributed by atoms with Gasteiger partial charge in [-0.15, -0.1) is 0 Å². The van der Waals surface area contributed by atoms with Crippen LogP contribution in [0.3, 0.4) is 0 Å². The molecule has 0 fully saturated rings. The Bertz CT molecular complexity index is 1520. The van der Waals surface area contributed by atoms with Gasteiger partial charge in [-0.2, -0.15) is 26.3 Å².